The second-order valence-corrected chi connectivity index (χ2v) is 7.18. The number of ether oxygens (including phenoxy) is 1. The van der Waals surface area contributed by atoms with Gasteiger partial charge in [0.15, 0.2) is 0 Å². The fraction of sp³-hybridized carbons (Fsp3) is 0.350. The van der Waals surface area contributed by atoms with Gasteiger partial charge in [-0.2, -0.15) is 13.2 Å². The van der Waals surface area contributed by atoms with Crippen molar-refractivity contribution in [2.24, 2.45) is 5.92 Å². The molecule has 6 nitrogen and oxygen atoms in total. The number of carbonyl (C=O) groups excluding carboxylic acids is 2. The summed E-state index contributed by atoms with van der Waals surface area (Å²) >= 11 is 5.86. The highest BCUT2D eigenvalue weighted by molar-refractivity contribution is 6.32. The largest absolute Gasteiger partial charge is 0.490 e. The van der Waals surface area contributed by atoms with Gasteiger partial charge in [0.1, 0.15) is 18.2 Å². The van der Waals surface area contributed by atoms with Crippen molar-refractivity contribution >= 4 is 29.2 Å². The molecule has 162 valence electrons. The predicted octanol–water partition coefficient (Wildman–Crippen LogP) is 4.47. The normalized spacial score (nSPS) is 11.3. The molecule has 0 aliphatic rings. The maximum absolute atomic E-state index is 12.8. The number of aryl methyl sites for hydroxylation is 1. The van der Waals surface area contributed by atoms with Crippen LogP contribution in [0.4, 0.5) is 19.0 Å². The molecule has 0 bridgehead atoms. The molecule has 0 saturated heterocycles. The van der Waals surface area contributed by atoms with Gasteiger partial charge in [0, 0.05) is 17.2 Å². The van der Waals surface area contributed by atoms with E-state index in [-0.39, 0.29) is 47.1 Å². The topological polar surface area (TPSA) is 80.3 Å². The number of hydrogen-bond donors (Lipinski definition) is 2. The summed E-state index contributed by atoms with van der Waals surface area (Å²) in [4.78, 5) is 28.3. The molecule has 0 atom stereocenters. The summed E-state index contributed by atoms with van der Waals surface area (Å²) in [5.74, 6) is -0.792. The zero-order valence-corrected chi connectivity index (χ0v) is 17.3. The van der Waals surface area contributed by atoms with E-state index in [4.69, 9.17) is 16.3 Å². The number of nitrogens with one attached hydrogen (secondary N) is 2. The Morgan fingerprint density at radius 3 is 2.53 bits per heavy atom. The van der Waals surface area contributed by atoms with Crippen molar-refractivity contribution < 1.29 is 27.5 Å². The summed E-state index contributed by atoms with van der Waals surface area (Å²) < 4.78 is 43.6. The Morgan fingerprint density at radius 1 is 1.20 bits per heavy atom. The minimum absolute atomic E-state index is 0.0282. The molecule has 30 heavy (non-hydrogen) atoms. The van der Waals surface area contributed by atoms with Gasteiger partial charge >= 0.3 is 6.18 Å². The van der Waals surface area contributed by atoms with Gasteiger partial charge in [-0.25, -0.2) is 4.98 Å². The standard InChI is InChI=1S/C20H21ClF3N3O3/c1-11(2)18(28)27-17-9-13(8-12(3)26-17)19(29)25-6-7-30-16-10-14(20(22,23)24)4-5-15(16)21/h4-5,8-11H,6-7H2,1-3H3,(H,25,29)(H,26,27,28). The van der Waals surface area contributed by atoms with Gasteiger partial charge in [-0.05, 0) is 37.3 Å². The Balaban J connectivity index is 1.95. The Bertz CT molecular complexity index is 933. The van der Waals surface area contributed by atoms with Gasteiger partial charge in [0.05, 0.1) is 17.1 Å². The number of alkyl halides is 3. The molecule has 10 heteroatoms. The van der Waals surface area contributed by atoms with Crippen LogP contribution in [0.5, 0.6) is 5.75 Å². The number of amides is 2. The zero-order valence-electron chi connectivity index (χ0n) is 16.6. The third-order valence-corrected chi connectivity index (χ3v) is 4.21. The number of pyridine rings is 1. The fourth-order valence-corrected chi connectivity index (χ4v) is 2.52. The second kappa shape index (κ2) is 9.80. The van der Waals surface area contributed by atoms with Crippen molar-refractivity contribution in [3.8, 4) is 5.75 Å². The number of anilines is 1. The molecule has 1 heterocycles. The highest BCUT2D eigenvalue weighted by atomic mass is 35.5. The summed E-state index contributed by atoms with van der Waals surface area (Å²) in [5, 5.41) is 5.25. The van der Waals surface area contributed by atoms with Crippen LogP contribution in [-0.2, 0) is 11.0 Å². The van der Waals surface area contributed by atoms with Crippen LogP contribution in [0.2, 0.25) is 5.02 Å². The van der Waals surface area contributed by atoms with Crippen LogP contribution in [-0.4, -0.2) is 29.9 Å². The summed E-state index contributed by atoms with van der Waals surface area (Å²) in [6.45, 7) is 5.08. The molecule has 1 aromatic heterocycles. The summed E-state index contributed by atoms with van der Waals surface area (Å²) in [6, 6.07) is 5.75. The minimum atomic E-state index is -4.52. The lowest BCUT2D eigenvalue weighted by Gasteiger charge is -2.13. The first kappa shape index (κ1) is 23.5. The summed E-state index contributed by atoms with van der Waals surface area (Å²) in [7, 11) is 0. The van der Waals surface area contributed by atoms with E-state index in [1.165, 1.54) is 6.07 Å². The molecule has 1 aromatic carbocycles. The van der Waals surface area contributed by atoms with Crippen LogP contribution >= 0.6 is 11.6 Å². The molecule has 2 rings (SSSR count). The average molecular weight is 444 g/mol. The van der Waals surface area contributed by atoms with Crippen LogP contribution in [0.15, 0.2) is 30.3 Å². The van der Waals surface area contributed by atoms with E-state index in [0.717, 1.165) is 18.2 Å². The maximum Gasteiger partial charge on any atom is 0.416 e. The molecular weight excluding hydrogens is 423 g/mol. The fourth-order valence-electron chi connectivity index (χ4n) is 2.35. The SMILES string of the molecule is Cc1cc(C(=O)NCCOc2cc(C(F)(F)F)ccc2Cl)cc(NC(=O)C(C)C)n1. The Morgan fingerprint density at radius 2 is 1.90 bits per heavy atom. The molecule has 0 fully saturated rings. The van der Waals surface area contributed by atoms with E-state index in [1.54, 1.807) is 26.8 Å². The van der Waals surface area contributed by atoms with Crippen molar-refractivity contribution in [3.05, 3.63) is 52.2 Å². The third kappa shape index (κ3) is 6.62. The smallest absolute Gasteiger partial charge is 0.416 e. The molecule has 2 amide bonds. The van der Waals surface area contributed by atoms with Crippen LogP contribution in [0.25, 0.3) is 0 Å². The number of rotatable bonds is 7. The molecule has 2 N–H and O–H groups in total. The van der Waals surface area contributed by atoms with Gasteiger partial charge in [0.25, 0.3) is 5.91 Å². The highest BCUT2D eigenvalue weighted by Crippen LogP contribution is 2.34. The van der Waals surface area contributed by atoms with Crippen LogP contribution in [0, 0.1) is 12.8 Å². The molecule has 2 aromatic rings. The van der Waals surface area contributed by atoms with E-state index < -0.39 is 17.6 Å². The summed E-state index contributed by atoms with van der Waals surface area (Å²) in [6.07, 6.45) is -4.52. The first-order valence-electron chi connectivity index (χ1n) is 9.04. The number of nitrogens with zero attached hydrogens (tertiary/aromatic N) is 1. The predicted molar refractivity (Wildman–Crippen MR) is 107 cm³/mol. The van der Waals surface area contributed by atoms with Crippen LogP contribution < -0.4 is 15.4 Å². The lowest BCUT2D eigenvalue weighted by Crippen LogP contribution is -2.28. The molecule has 0 aliphatic carbocycles. The molecule has 0 unspecified atom stereocenters. The van der Waals surface area contributed by atoms with E-state index in [0.29, 0.717) is 5.69 Å². The lowest BCUT2D eigenvalue weighted by atomic mass is 10.2. The highest BCUT2D eigenvalue weighted by Gasteiger charge is 2.31. The van der Waals surface area contributed by atoms with E-state index in [2.05, 4.69) is 15.6 Å². The van der Waals surface area contributed by atoms with Gasteiger partial charge < -0.3 is 15.4 Å². The van der Waals surface area contributed by atoms with Gasteiger partial charge in [-0.1, -0.05) is 25.4 Å². The quantitative estimate of drug-likeness (QED) is 0.619. The Hall–Kier alpha value is -2.81. The third-order valence-electron chi connectivity index (χ3n) is 3.89. The van der Waals surface area contributed by atoms with Crippen molar-refractivity contribution in [2.75, 3.05) is 18.5 Å². The molecular formula is C20H21ClF3N3O3. The Labute approximate surface area is 176 Å². The first-order valence-corrected chi connectivity index (χ1v) is 9.42. The van der Waals surface area contributed by atoms with Gasteiger partial charge in [-0.15, -0.1) is 0 Å². The van der Waals surface area contributed by atoms with E-state index in [1.807, 2.05) is 0 Å². The van der Waals surface area contributed by atoms with Crippen molar-refractivity contribution in [1.29, 1.82) is 0 Å². The molecule has 0 radical (unpaired) electrons. The molecule has 0 spiro atoms. The maximum atomic E-state index is 12.8. The zero-order chi connectivity index (χ0) is 22.5. The van der Waals surface area contributed by atoms with Gasteiger partial charge in [0.2, 0.25) is 5.91 Å². The number of benzene rings is 1. The van der Waals surface area contributed by atoms with E-state index in [9.17, 15) is 22.8 Å². The second-order valence-electron chi connectivity index (χ2n) is 6.77. The monoisotopic (exact) mass is 443 g/mol. The number of halogens is 4. The average Bonchev–Trinajstić information content (AvgIpc) is 2.64. The van der Waals surface area contributed by atoms with Crippen molar-refractivity contribution in [3.63, 3.8) is 0 Å². The van der Waals surface area contributed by atoms with Crippen molar-refractivity contribution in [2.45, 2.75) is 26.9 Å². The molecule has 0 saturated carbocycles. The number of aromatic nitrogens is 1. The number of carbonyl (C=O) groups is 2. The molecule has 0 aliphatic heterocycles. The van der Waals surface area contributed by atoms with E-state index >= 15 is 0 Å². The van der Waals surface area contributed by atoms with Crippen LogP contribution in [0.1, 0.15) is 35.5 Å². The van der Waals surface area contributed by atoms with Crippen LogP contribution in [0.3, 0.4) is 0 Å². The van der Waals surface area contributed by atoms with Crippen molar-refractivity contribution in [1.82, 2.24) is 10.3 Å². The lowest BCUT2D eigenvalue weighted by molar-refractivity contribution is -0.137. The summed E-state index contributed by atoms with van der Waals surface area (Å²) in [5.41, 5.74) is -0.0680. The Kier molecular flexibility index (Phi) is 7.66. The first-order chi connectivity index (χ1) is 14.0. The number of hydrogen-bond acceptors (Lipinski definition) is 4. The van der Waals surface area contributed by atoms with Gasteiger partial charge in [-0.3, -0.25) is 9.59 Å². The minimum Gasteiger partial charge on any atom is -0.490 e.